The second-order valence-corrected chi connectivity index (χ2v) is 4.80. The van der Waals surface area contributed by atoms with E-state index in [4.69, 9.17) is 10.8 Å². The average Bonchev–Trinajstić information content (AvgIpc) is 2.89. The van der Waals surface area contributed by atoms with Gasteiger partial charge in [0.05, 0.1) is 6.61 Å². The van der Waals surface area contributed by atoms with Crippen LogP contribution < -0.4 is 5.73 Å². The fraction of sp³-hybridized carbons (Fsp3) is 0.214. The van der Waals surface area contributed by atoms with Gasteiger partial charge in [-0.1, -0.05) is 24.0 Å². The van der Waals surface area contributed by atoms with Crippen LogP contribution in [-0.4, -0.2) is 16.7 Å². The number of thiazole rings is 1. The van der Waals surface area contributed by atoms with Crippen LogP contribution in [0.4, 0.5) is 0 Å². The number of aliphatic hydroxyl groups is 1. The van der Waals surface area contributed by atoms with E-state index in [0.29, 0.717) is 13.0 Å². The van der Waals surface area contributed by atoms with E-state index in [2.05, 4.69) is 16.8 Å². The Bertz CT molecular complexity index is 569. The largest absolute Gasteiger partial charge is 0.395 e. The van der Waals surface area contributed by atoms with Crippen molar-refractivity contribution in [2.24, 2.45) is 5.73 Å². The summed E-state index contributed by atoms with van der Waals surface area (Å²) in [5.41, 5.74) is 7.59. The van der Waals surface area contributed by atoms with Crippen LogP contribution in [-0.2, 0) is 6.54 Å². The molecule has 0 fully saturated rings. The SMILES string of the molecule is Cl.NCc1cnc(-c2ccc(C#CCCO)cc2)s1. The zero-order chi connectivity index (χ0) is 12.8. The molecule has 19 heavy (non-hydrogen) atoms. The molecule has 3 nitrogen and oxygen atoms in total. The van der Waals surface area contributed by atoms with Gasteiger partial charge in [-0.25, -0.2) is 4.98 Å². The third-order valence-electron chi connectivity index (χ3n) is 2.36. The summed E-state index contributed by atoms with van der Waals surface area (Å²) in [6.07, 6.45) is 2.32. The average molecular weight is 295 g/mol. The minimum atomic E-state index is 0. The fourth-order valence-electron chi connectivity index (χ4n) is 1.45. The fourth-order valence-corrected chi connectivity index (χ4v) is 2.25. The molecule has 0 aliphatic carbocycles. The number of nitrogens with zero attached hydrogens (tertiary/aromatic N) is 1. The lowest BCUT2D eigenvalue weighted by Gasteiger charge is -1.96. The number of hydrogen-bond acceptors (Lipinski definition) is 4. The molecule has 0 aliphatic rings. The lowest BCUT2D eigenvalue weighted by atomic mass is 10.1. The van der Waals surface area contributed by atoms with Crippen molar-refractivity contribution in [3.8, 4) is 22.4 Å². The van der Waals surface area contributed by atoms with E-state index in [9.17, 15) is 0 Å². The molecule has 1 aromatic carbocycles. The van der Waals surface area contributed by atoms with E-state index in [1.54, 1.807) is 11.3 Å². The molecule has 0 amide bonds. The quantitative estimate of drug-likeness (QED) is 0.855. The van der Waals surface area contributed by atoms with Gasteiger partial charge in [0, 0.05) is 35.2 Å². The van der Waals surface area contributed by atoms with Gasteiger partial charge in [0.1, 0.15) is 5.01 Å². The predicted octanol–water partition coefficient (Wildman–Crippen LogP) is 2.42. The van der Waals surface area contributed by atoms with E-state index in [1.165, 1.54) is 0 Å². The van der Waals surface area contributed by atoms with Crippen LogP contribution in [0, 0.1) is 11.8 Å². The zero-order valence-corrected chi connectivity index (χ0v) is 11.9. The van der Waals surface area contributed by atoms with Crippen LogP contribution in [0.3, 0.4) is 0 Å². The first-order valence-electron chi connectivity index (χ1n) is 5.68. The number of hydrogen-bond donors (Lipinski definition) is 2. The van der Waals surface area contributed by atoms with Crippen molar-refractivity contribution in [2.45, 2.75) is 13.0 Å². The summed E-state index contributed by atoms with van der Waals surface area (Å²) < 4.78 is 0. The molecule has 2 aromatic rings. The van der Waals surface area contributed by atoms with Crippen molar-refractivity contribution in [1.82, 2.24) is 4.98 Å². The van der Waals surface area contributed by atoms with E-state index >= 15 is 0 Å². The van der Waals surface area contributed by atoms with Gasteiger partial charge in [0.25, 0.3) is 0 Å². The van der Waals surface area contributed by atoms with Crippen molar-refractivity contribution >= 4 is 23.7 Å². The maximum absolute atomic E-state index is 8.64. The van der Waals surface area contributed by atoms with Gasteiger partial charge >= 0.3 is 0 Å². The van der Waals surface area contributed by atoms with Crippen LogP contribution in [0.15, 0.2) is 30.5 Å². The smallest absolute Gasteiger partial charge is 0.123 e. The molecule has 1 heterocycles. The normalized spacial score (nSPS) is 9.37. The highest BCUT2D eigenvalue weighted by molar-refractivity contribution is 7.15. The van der Waals surface area contributed by atoms with Crippen LogP contribution in [0.2, 0.25) is 0 Å². The summed E-state index contributed by atoms with van der Waals surface area (Å²) in [5, 5.41) is 9.62. The van der Waals surface area contributed by atoms with Gasteiger partial charge in [-0.05, 0) is 12.1 Å². The van der Waals surface area contributed by atoms with Crippen LogP contribution >= 0.6 is 23.7 Å². The summed E-state index contributed by atoms with van der Waals surface area (Å²) in [7, 11) is 0. The number of halogens is 1. The van der Waals surface area contributed by atoms with Gasteiger partial charge in [0.15, 0.2) is 0 Å². The molecule has 100 valence electrons. The molecule has 5 heteroatoms. The highest BCUT2D eigenvalue weighted by Crippen LogP contribution is 2.24. The van der Waals surface area contributed by atoms with Crippen molar-refractivity contribution in [1.29, 1.82) is 0 Å². The van der Waals surface area contributed by atoms with Crippen molar-refractivity contribution < 1.29 is 5.11 Å². The zero-order valence-electron chi connectivity index (χ0n) is 10.3. The van der Waals surface area contributed by atoms with Gasteiger partial charge < -0.3 is 10.8 Å². The van der Waals surface area contributed by atoms with E-state index < -0.39 is 0 Å². The highest BCUT2D eigenvalue weighted by Gasteiger charge is 2.03. The molecule has 0 atom stereocenters. The lowest BCUT2D eigenvalue weighted by Crippen LogP contribution is -1.91. The Morgan fingerprint density at radius 3 is 2.58 bits per heavy atom. The monoisotopic (exact) mass is 294 g/mol. The van der Waals surface area contributed by atoms with Crippen molar-refractivity contribution in [2.75, 3.05) is 6.61 Å². The second kappa shape index (κ2) is 7.93. The number of rotatable bonds is 3. The Morgan fingerprint density at radius 1 is 1.26 bits per heavy atom. The summed E-state index contributed by atoms with van der Waals surface area (Å²) in [6, 6.07) is 7.93. The van der Waals surface area contributed by atoms with E-state index in [-0.39, 0.29) is 19.0 Å². The molecule has 0 saturated heterocycles. The van der Waals surface area contributed by atoms with Gasteiger partial charge in [-0.3, -0.25) is 0 Å². The topological polar surface area (TPSA) is 59.1 Å². The Balaban J connectivity index is 0.00000180. The minimum Gasteiger partial charge on any atom is -0.395 e. The van der Waals surface area contributed by atoms with Crippen LogP contribution in [0.1, 0.15) is 16.9 Å². The lowest BCUT2D eigenvalue weighted by molar-refractivity contribution is 0.305. The maximum Gasteiger partial charge on any atom is 0.123 e. The maximum atomic E-state index is 8.64. The minimum absolute atomic E-state index is 0. The van der Waals surface area contributed by atoms with Crippen molar-refractivity contribution in [3.05, 3.63) is 40.9 Å². The number of nitrogens with two attached hydrogens (primary N) is 1. The first-order chi connectivity index (χ1) is 8.83. The standard InChI is InChI=1S/C14H14N2OS.ClH/c15-9-13-10-16-14(18-13)12-6-4-11(5-7-12)3-1-2-8-17;/h4-7,10,17H,2,8-9,15H2;1H. The Morgan fingerprint density at radius 2 is 2.00 bits per heavy atom. The molecule has 0 spiro atoms. The van der Waals surface area contributed by atoms with Crippen LogP contribution in [0.25, 0.3) is 10.6 Å². The predicted molar refractivity (Wildman–Crippen MR) is 81.3 cm³/mol. The van der Waals surface area contributed by atoms with Gasteiger partial charge in [-0.15, -0.1) is 23.7 Å². The molecule has 0 aliphatic heterocycles. The summed E-state index contributed by atoms with van der Waals surface area (Å²) >= 11 is 1.61. The van der Waals surface area contributed by atoms with Gasteiger partial charge in [0.2, 0.25) is 0 Å². The molecule has 0 unspecified atom stereocenters. The summed E-state index contributed by atoms with van der Waals surface area (Å²) in [4.78, 5) is 5.41. The third kappa shape index (κ3) is 4.34. The summed E-state index contributed by atoms with van der Waals surface area (Å²) in [5.74, 6) is 5.89. The first-order valence-corrected chi connectivity index (χ1v) is 6.50. The Hall–Kier alpha value is -1.38. The number of benzene rings is 1. The molecule has 0 saturated carbocycles. The highest BCUT2D eigenvalue weighted by atomic mass is 35.5. The molecule has 1 aromatic heterocycles. The molecule has 0 bridgehead atoms. The molecule has 0 radical (unpaired) electrons. The van der Waals surface area contributed by atoms with E-state index in [1.807, 2.05) is 30.5 Å². The Labute approximate surface area is 122 Å². The summed E-state index contributed by atoms with van der Waals surface area (Å²) in [6.45, 7) is 0.633. The molecular formula is C14H15ClN2OS. The second-order valence-electron chi connectivity index (χ2n) is 3.69. The molecule has 3 N–H and O–H groups in total. The van der Waals surface area contributed by atoms with Gasteiger partial charge in [-0.2, -0.15) is 0 Å². The molecule has 2 rings (SSSR count). The number of aliphatic hydroxyl groups excluding tert-OH is 1. The third-order valence-corrected chi connectivity index (χ3v) is 3.42. The van der Waals surface area contributed by atoms with Crippen molar-refractivity contribution in [3.63, 3.8) is 0 Å². The molecular weight excluding hydrogens is 280 g/mol. The van der Waals surface area contributed by atoms with Crippen LogP contribution in [0.5, 0.6) is 0 Å². The first kappa shape index (κ1) is 15.7. The Kier molecular flexibility index (Phi) is 6.54. The van der Waals surface area contributed by atoms with E-state index in [0.717, 1.165) is 21.0 Å². The number of aromatic nitrogens is 1.